The molecule has 0 aromatic heterocycles. The number of rotatable bonds is 2. The molecule has 0 bridgehead atoms. The summed E-state index contributed by atoms with van der Waals surface area (Å²) < 4.78 is 5.35. The Morgan fingerprint density at radius 2 is 1.89 bits per heavy atom. The number of amides is 1. The van der Waals surface area contributed by atoms with Crippen molar-refractivity contribution in [1.82, 2.24) is 9.80 Å². The molecule has 0 aromatic carbocycles. The summed E-state index contributed by atoms with van der Waals surface area (Å²) in [6, 6.07) is 0.146. The normalized spacial score (nSPS) is 33.2. The Balaban J connectivity index is 1.97. The molecule has 2 saturated heterocycles. The highest BCUT2D eigenvalue weighted by Crippen LogP contribution is 2.23. The molecule has 19 heavy (non-hydrogen) atoms. The molecule has 0 aliphatic carbocycles. The van der Waals surface area contributed by atoms with Gasteiger partial charge in [-0.2, -0.15) is 0 Å². The van der Waals surface area contributed by atoms with Gasteiger partial charge in [0, 0.05) is 19.1 Å². The monoisotopic (exact) mass is 270 g/mol. The van der Waals surface area contributed by atoms with Gasteiger partial charge in [0.15, 0.2) is 6.10 Å². The van der Waals surface area contributed by atoms with Crippen molar-refractivity contribution < 1.29 is 19.4 Å². The molecular weight excluding hydrogens is 248 g/mol. The maximum atomic E-state index is 12.4. The van der Waals surface area contributed by atoms with E-state index in [1.807, 2.05) is 11.8 Å². The van der Waals surface area contributed by atoms with Crippen molar-refractivity contribution in [3.63, 3.8) is 0 Å². The van der Waals surface area contributed by atoms with E-state index < -0.39 is 18.2 Å². The highest BCUT2D eigenvalue weighted by atomic mass is 16.5. The number of ether oxygens (including phenoxy) is 1. The number of carbonyl (C=O) groups is 2. The molecule has 1 amide bonds. The van der Waals surface area contributed by atoms with E-state index in [1.54, 1.807) is 0 Å². The fourth-order valence-corrected chi connectivity index (χ4v) is 2.89. The Kier molecular flexibility index (Phi) is 4.42. The lowest BCUT2D eigenvalue weighted by Crippen LogP contribution is -2.46. The molecule has 0 aromatic rings. The van der Waals surface area contributed by atoms with Crippen LogP contribution in [0.15, 0.2) is 0 Å². The molecule has 2 heterocycles. The summed E-state index contributed by atoms with van der Waals surface area (Å²) in [7, 11) is 2.05. The van der Waals surface area contributed by atoms with E-state index in [9.17, 15) is 9.59 Å². The van der Waals surface area contributed by atoms with E-state index in [0.717, 1.165) is 26.1 Å². The van der Waals surface area contributed by atoms with Crippen LogP contribution in [0.4, 0.5) is 0 Å². The third-order valence-electron chi connectivity index (χ3n) is 3.90. The SMILES string of the molecule is CC1CN(C)CCCN1C(=O)C1CCC(C(=O)O)O1. The van der Waals surface area contributed by atoms with Gasteiger partial charge in [-0.1, -0.05) is 0 Å². The lowest BCUT2D eigenvalue weighted by atomic mass is 10.1. The first-order valence-corrected chi connectivity index (χ1v) is 6.86. The van der Waals surface area contributed by atoms with Crippen LogP contribution >= 0.6 is 0 Å². The fraction of sp³-hybridized carbons (Fsp3) is 0.846. The Hall–Kier alpha value is -1.14. The van der Waals surface area contributed by atoms with E-state index in [4.69, 9.17) is 9.84 Å². The minimum Gasteiger partial charge on any atom is -0.479 e. The van der Waals surface area contributed by atoms with Crippen LogP contribution in [0.1, 0.15) is 26.2 Å². The number of hydrogen-bond acceptors (Lipinski definition) is 4. The molecule has 2 fully saturated rings. The third-order valence-corrected chi connectivity index (χ3v) is 3.90. The second kappa shape index (κ2) is 5.88. The predicted octanol–water partition coefficient (Wildman–Crippen LogP) is 0.171. The molecule has 3 unspecified atom stereocenters. The fourth-order valence-electron chi connectivity index (χ4n) is 2.89. The Labute approximate surface area is 113 Å². The number of nitrogens with zero attached hydrogens (tertiary/aromatic N) is 2. The highest BCUT2D eigenvalue weighted by Gasteiger charge is 2.38. The van der Waals surface area contributed by atoms with Gasteiger partial charge in [-0.05, 0) is 39.8 Å². The van der Waals surface area contributed by atoms with E-state index >= 15 is 0 Å². The summed E-state index contributed by atoms with van der Waals surface area (Å²) in [4.78, 5) is 27.3. The summed E-state index contributed by atoms with van der Waals surface area (Å²) in [6.07, 6.45) is 0.482. The maximum Gasteiger partial charge on any atom is 0.332 e. The first-order chi connectivity index (χ1) is 8.99. The van der Waals surface area contributed by atoms with Gasteiger partial charge in [0.25, 0.3) is 5.91 Å². The lowest BCUT2D eigenvalue weighted by Gasteiger charge is -2.30. The zero-order chi connectivity index (χ0) is 14.0. The third kappa shape index (κ3) is 3.25. The topological polar surface area (TPSA) is 70.1 Å². The molecule has 2 aliphatic rings. The van der Waals surface area contributed by atoms with Crippen LogP contribution in [0.3, 0.4) is 0 Å². The molecule has 6 nitrogen and oxygen atoms in total. The van der Waals surface area contributed by atoms with Crippen LogP contribution < -0.4 is 0 Å². The number of carbonyl (C=O) groups excluding carboxylic acids is 1. The predicted molar refractivity (Wildman–Crippen MR) is 68.8 cm³/mol. The van der Waals surface area contributed by atoms with Crippen LogP contribution in [0, 0.1) is 0 Å². The number of carboxylic acids is 1. The van der Waals surface area contributed by atoms with Gasteiger partial charge in [0.2, 0.25) is 0 Å². The van der Waals surface area contributed by atoms with E-state index in [1.165, 1.54) is 0 Å². The molecular formula is C13H22N2O4. The van der Waals surface area contributed by atoms with Crippen LogP contribution in [0.5, 0.6) is 0 Å². The van der Waals surface area contributed by atoms with E-state index in [-0.39, 0.29) is 11.9 Å². The van der Waals surface area contributed by atoms with Crippen molar-refractivity contribution in [1.29, 1.82) is 0 Å². The Morgan fingerprint density at radius 3 is 2.53 bits per heavy atom. The van der Waals surface area contributed by atoms with Crippen molar-refractivity contribution in [3.8, 4) is 0 Å². The quantitative estimate of drug-likeness (QED) is 0.774. The van der Waals surface area contributed by atoms with Gasteiger partial charge < -0.3 is 19.6 Å². The average molecular weight is 270 g/mol. The van der Waals surface area contributed by atoms with Gasteiger partial charge in [0.05, 0.1) is 0 Å². The van der Waals surface area contributed by atoms with Crippen molar-refractivity contribution in [2.24, 2.45) is 0 Å². The van der Waals surface area contributed by atoms with Crippen LogP contribution in [0.2, 0.25) is 0 Å². The Bertz CT molecular complexity index is 361. The summed E-state index contributed by atoms with van der Waals surface area (Å²) >= 11 is 0. The molecule has 0 spiro atoms. The van der Waals surface area contributed by atoms with Gasteiger partial charge >= 0.3 is 5.97 Å². The highest BCUT2D eigenvalue weighted by molar-refractivity contribution is 5.83. The van der Waals surface area contributed by atoms with Crippen LogP contribution in [-0.2, 0) is 14.3 Å². The van der Waals surface area contributed by atoms with E-state index in [2.05, 4.69) is 11.9 Å². The number of carboxylic acid groups (broad SMARTS) is 1. The van der Waals surface area contributed by atoms with Gasteiger partial charge in [-0.3, -0.25) is 4.79 Å². The summed E-state index contributed by atoms with van der Waals surface area (Å²) in [5, 5.41) is 8.90. The Morgan fingerprint density at radius 1 is 1.21 bits per heavy atom. The number of aliphatic carboxylic acids is 1. The molecule has 108 valence electrons. The van der Waals surface area contributed by atoms with Gasteiger partial charge in [0.1, 0.15) is 6.10 Å². The molecule has 0 saturated carbocycles. The van der Waals surface area contributed by atoms with Crippen molar-refractivity contribution in [3.05, 3.63) is 0 Å². The minimum atomic E-state index is -0.973. The van der Waals surface area contributed by atoms with Gasteiger partial charge in [-0.25, -0.2) is 4.79 Å². The van der Waals surface area contributed by atoms with Gasteiger partial charge in [-0.15, -0.1) is 0 Å². The summed E-state index contributed by atoms with van der Waals surface area (Å²) in [5.41, 5.74) is 0. The van der Waals surface area contributed by atoms with Crippen LogP contribution in [0.25, 0.3) is 0 Å². The summed E-state index contributed by atoms with van der Waals surface area (Å²) in [5.74, 6) is -1.02. The average Bonchev–Trinajstić information content (AvgIpc) is 2.77. The molecule has 6 heteroatoms. The molecule has 1 N–H and O–H groups in total. The zero-order valence-corrected chi connectivity index (χ0v) is 11.5. The summed E-state index contributed by atoms with van der Waals surface area (Å²) in [6.45, 7) is 4.59. The smallest absolute Gasteiger partial charge is 0.332 e. The second-order valence-electron chi connectivity index (χ2n) is 5.53. The minimum absolute atomic E-state index is 0.0495. The first-order valence-electron chi connectivity index (χ1n) is 6.86. The zero-order valence-electron chi connectivity index (χ0n) is 11.5. The van der Waals surface area contributed by atoms with Crippen molar-refractivity contribution in [2.75, 3.05) is 26.7 Å². The molecule has 2 aliphatic heterocycles. The molecule has 2 rings (SSSR count). The van der Waals surface area contributed by atoms with Crippen LogP contribution in [-0.4, -0.2) is 71.7 Å². The molecule has 3 atom stereocenters. The van der Waals surface area contributed by atoms with Crippen molar-refractivity contribution in [2.45, 2.75) is 44.4 Å². The molecule has 0 radical (unpaired) electrons. The first kappa shape index (κ1) is 14.3. The second-order valence-corrected chi connectivity index (χ2v) is 5.53. The number of hydrogen-bond donors (Lipinski definition) is 1. The maximum absolute atomic E-state index is 12.4. The van der Waals surface area contributed by atoms with E-state index in [0.29, 0.717) is 12.8 Å². The van der Waals surface area contributed by atoms with Crippen molar-refractivity contribution >= 4 is 11.9 Å². The lowest BCUT2D eigenvalue weighted by molar-refractivity contribution is -0.155. The number of likely N-dealkylation sites (N-methyl/N-ethyl adjacent to an activating group) is 1. The standard InChI is InChI=1S/C13H22N2O4/c1-9-8-14(2)6-3-7-15(9)12(16)10-4-5-11(19-10)13(17)18/h9-11H,3-8H2,1-2H3,(H,17,18). The largest absolute Gasteiger partial charge is 0.479 e.